The fourth-order valence-electron chi connectivity index (χ4n) is 3.14. The first-order valence-corrected chi connectivity index (χ1v) is 9.58. The number of benzene rings is 3. The standard InChI is InChI=1S/C25H19NO5/c1-16(27)30-23-15-17(8-13-22(23)29-2)14-21-25(28)31-24(26-21)20-11-9-19(10-12-20)18-6-4-3-5-7-18/h3-15H,1-2H3/b21-14-. The Bertz CT molecular complexity index is 1190. The lowest BCUT2D eigenvalue weighted by Gasteiger charge is -2.08. The van der Waals surface area contributed by atoms with Crippen molar-refractivity contribution in [2.24, 2.45) is 4.99 Å². The summed E-state index contributed by atoms with van der Waals surface area (Å²) in [4.78, 5) is 28.0. The molecule has 1 aliphatic heterocycles. The second-order valence-corrected chi connectivity index (χ2v) is 6.78. The summed E-state index contributed by atoms with van der Waals surface area (Å²) in [5, 5.41) is 0. The number of aliphatic imine (C=N–C) groups is 1. The van der Waals surface area contributed by atoms with Crippen LogP contribution in [0.25, 0.3) is 17.2 Å². The number of hydrogen-bond acceptors (Lipinski definition) is 6. The summed E-state index contributed by atoms with van der Waals surface area (Å²) >= 11 is 0. The molecule has 0 unspecified atom stereocenters. The normalized spacial score (nSPS) is 14.2. The lowest BCUT2D eigenvalue weighted by molar-refractivity contribution is -0.132. The number of methoxy groups -OCH3 is 1. The van der Waals surface area contributed by atoms with E-state index in [4.69, 9.17) is 14.2 Å². The minimum atomic E-state index is -0.549. The highest BCUT2D eigenvalue weighted by Crippen LogP contribution is 2.30. The van der Waals surface area contributed by atoms with Crippen LogP contribution in [0.1, 0.15) is 18.1 Å². The van der Waals surface area contributed by atoms with E-state index in [0.29, 0.717) is 16.9 Å². The Balaban J connectivity index is 1.60. The van der Waals surface area contributed by atoms with Crippen LogP contribution in [0.2, 0.25) is 0 Å². The van der Waals surface area contributed by atoms with Crippen LogP contribution in [0.4, 0.5) is 0 Å². The molecule has 0 atom stereocenters. The van der Waals surface area contributed by atoms with Crippen LogP contribution >= 0.6 is 0 Å². The molecule has 0 amide bonds. The third-order valence-electron chi connectivity index (χ3n) is 4.60. The van der Waals surface area contributed by atoms with Gasteiger partial charge in [0, 0.05) is 12.5 Å². The molecule has 6 nitrogen and oxygen atoms in total. The Morgan fingerprint density at radius 3 is 2.26 bits per heavy atom. The molecule has 1 aliphatic rings. The molecule has 0 aliphatic carbocycles. The first-order chi connectivity index (χ1) is 15.0. The predicted molar refractivity (Wildman–Crippen MR) is 117 cm³/mol. The molecule has 0 saturated carbocycles. The number of nitrogens with zero attached hydrogens (tertiary/aromatic N) is 1. The summed E-state index contributed by atoms with van der Waals surface area (Å²) in [6, 6.07) is 22.6. The average molecular weight is 413 g/mol. The number of hydrogen-bond donors (Lipinski definition) is 0. The van der Waals surface area contributed by atoms with Crippen molar-refractivity contribution in [3.8, 4) is 22.6 Å². The lowest BCUT2D eigenvalue weighted by Crippen LogP contribution is -2.05. The topological polar surface area (TPSA) is 74.2 Å². The molecule has 3 aromatic rings. The number of carbonyl (C=O) groups excluding carboxylic acids is 2. The largest absolute Gasteiger partial charge is 0.493 e. The number of cyclic esters (lactones) is 1. The second-order valence-electron chi connectivity index (χ2n) is 6.78. The Kier molecular flexibility index (Phi) is 5.62. The van der Waals surface area contributed by atoms with Crippen LogP contribution in [0.3, 0.4) is 0 Å². The van der Waals surface area contributed by atoms with Crippen molar-refractivity contribution in [3.05, 3.63) is 89.6 Å². The van der Waals surface area contributed by atoms with Gasteiger partial charge in [0.15, 0.2) is 17.2 Å². The van der Waals surface area contributed by atoms with E-state index < -0.39 is 11.9 Å². The van der Waals surface area contributed by atoms with E-state index in [9.17, 15) is 9.59 Å². The SMILES string of the molecule is COc1ccc(/C=C2\N=C(c3ccc(-c4ccccc4)cc3)OC2=O)cc1OC(C)=O. The lowest BCUT2D eigenvalue weighted by atomic mass is 10.0. The highest BCUT2D eigenvalue weighted by atomic mass is 16.6. The highest BCUT2D eigenvalue weighted by Gasteiger charge is 2.24. The molecule has 4 rings (SSSR count). The summed E-state index contributed by atoms with van der Waals surface area (Å²) < 4.78 is 15.7. The van der Waals surface area contributed by atoms with Gasteiger partial charge in [0.1, 0.15) is 0 Å². The molecule has 0 aromatic heterocycles. The van der Waals surface area contributed by atoms with Crippen molar-refractivity contribution in [3.63, 3.8) is 0 Å². The quantitative estimate of drug-likeness (QED) is 0.346. The molecule has 0 bridgehead atoms. The van der Waals surface area contributed by atoms with Gasteiger partial charge in [-0.2, -0.15) is 0 Å². The molecule has 0 spiro atoms. The van der Waals surface area contributed by atoms with Gasteiger partial charge in [0.05, 0.1) is 7.11 Å². The van der Waals surface area contributed by atoms with Crippen molar-refractivity contribution in [1.82, 2.24) is 0 Å². The van der Waals surface area contributed by atoms with E-state index >= 15 is 0 Å². The number of esters is 2. The van der Waals surface area contributed by atoms with Crippen molar-refractivity contribution in [2.75, 3.05) is 7.11 Å². The van der Waals surface area contributed by atoms with Gasteiger partial charge < -0.3 is 14.2 Å². The molecule has 0 saturated heterocycles. The van der Waals surface area contributed by atoms with Gasteiger partial charge in [-0.3, -0.25) is 4.79 Å². The molecule has 0 N–H and O–H groups in total. The van der Waals surface area contributed by atoms with E-state index in [2.05, 4.69) is 4.99 Å². The van der Waals surface area contributed by atoms with Crippen LogP contribution in [0.5, 0.6) is 11.5 Å². The van der Waals surface area contributed by atoms with Gasteiger partial charge in [-0.1, -0.05) is 48.5 Å². The minimum absolute atomic E-state index is 0.154. The second kappa shape index (κ2) is 8.67. The van der Waals surface area contributed by atoms with E-state index in [0.717, 1.165) is 11.1 Å². The maximum atomic E-state index is 12.3. The number of ether oxygens (including phenoxy) is 3. The fourth-order valence-corrected chi connectivity index (χ4v) is 3.14. The molecule has 0 radical (unpaired) electrons. The monoisotopic (exact) mass is 413 g/mol. The van der Waals surface area contributed by atoms with E-state index in [1.807, 2.05) is 54.6 Å². The van der Waals surface area contributed by atoms with Gasteiger partial charge >= 0.3 is 11.9 Å². The number of rotatable bonds is 5. The highest BCUT2D eigenvalue weighted by molar-refractivity contribution is 6.13. The third-order valence-corrected chi connectivity index (χ3v) is 4.60. The zero-order valence-electron chi connectivity index (χ0n) is 17.0. The van der Waals surface area contributed by atoms with Crippen LogP contribution in [-0.2, 0) is 14.3 Å². The summed E-state index contributed by atoms with van der Waals surface area (Å²) in [6.45, 7) is 1.30. The Morgan fingerprint density at radius 1 is 0.903 bits per heavy atom. The van der Waals surface area contributed by atoms with Crippen LogP contribution in [-0.4, -0.2) is 24.9 Å². The molecule has 3 aromatic carbocycles. The molecule has 6 heteroatoms. The first-order valence-electron chi connectivity index (χ1n) is 9.58. The van der Waals surface area contributed by atoms with E-state index in [-0.39, 0.29) is 17.3 Å². The maximum Gasteiger partial charge on any atom is 0.363 e. The fraction of sp³-hybridized carbons (Fsp3) is 0.0800. The zero-order valence-corrected chi connectivity index (χ0v) is 17.0. The van der Waals surface area contributed by atoms with Gasteiger partial charge in [-0.15, -0.1) is 0 Å². The molecule has 154 valence electrons. The average Bonchev–Trinajstić information content (AvgIpc) is 3.14. The predicted octanol–water partition coefficient (Wildman–Crippen LogP) is 4.63. The van der Waals surface area contributed by atoms with Gasteiger partial charge in [0.25, 0.3) is 0 Å². The first kappa shape index (κ1) is 20.1. The third kappa shape index (κ3) is 4.53. The Hall–Kier alpha value is -4.19. The van der Waals surface area contributed by atoms with E-state index in [1.54, 1.807) is 24.3 Å². The van der Waals surface area contributed by atoms with Gasteiger partial charge in [0.2, 0.25) is 5.90 Å². The summed E-state index contributed by atoms with van der Waals surface area (Å²) in [5.41, 5.74) is 3.63. The summed E-state index contributed by atoms with van der Waals surface area (Å²) in [5.74, 6) is -0.107. The molecular weight excluding hydrogens is 394 g/mol. The van der Waals surface area contributed by atoms with Crippen molar-refractivity contribution >= 4 is 23.9 Å². The van der Waals surface area contributed by atoms with Gasteiger partial charge in [-0.25, -0.2) is 9.79 Å². The van der Waals surface area contributed by atoms with Crippen molar-refractivity contribution < 1.29 is 23.8 Å². The minimum Gasteiger partial charge on any atom is -0.493 e. The van der Waals surface area contributed by atoms with Crippen LogP contribution < -0.4 is 9.47 Å². The number of carbonyl (C=O) groups is 2. The molecule has 1 heterocycles. The molecule has 31 heavy (non-hydrogen) atoms. The van der Waals surface area contributed by atoms with Gasteiger partial charge in [-0.05, 0) is 47.0 Å². The zero-order chi connectivity index (χ0) is 21.8. The Morgan fingerprint density at radius 2 is 1.58 bits per heavy atom. The van der Waals surface area contributed by atoms with E-state index in [1.165, 1.54) is 14.0 Å². The van der Waals surface area contributed by atoms with Crippen molar-refractivity contribution in [2.45, 2.75) is 6.92 Å². The molecule has 0 fully saturated rings. The van der Waals surface area contributed by atoms with Crippen LogP contribution in [0, 0.1) is 0 Å². The Labute approximate surface area is 179 Å². The summed E-state index contributed by atoms with van der Waals surface area (Å²) in [6.07, 6.45) is 1.57. The van der Waals surface area contributed by atoms with Crippen molar-refractivity contribution in [1.29, 1.82) is 0 Å². The smallest absolute Gasteiger partial charge is 0.363 e. The summed E-state index contributed by atoms with van der Waals surface area (Å²) in [7, 11) is 1.48. The maximum absolute atomic E-state index is 12.3. The van der Waals surface area contributed by atoms with Crippen LogP contribution in [0.15, 0.2) is 83.5 Å². The molecular formula is C25H19NO5.